The lowest BCUT2D eigenvalue weighted by atomic mass is 10.1. The minimum absolute atomic E-state index is 0.232. The number of hydrogen-bond donors (Lipinski definition) is 1. The SMILES string of the molecule is O=C(/C=C/c1ccccn1)c1c(O)c2ccccc2oc1=O. The number of allylic oxidation sites excluding steroid dienone is 1. The van der Waals surface area contributed by atoms with Crippen molar-refractivity contribution in [1.29, 1.82) is 0 Å². The summed E-state index contributed by atoms with van der Waals surface area (Å²) in [5.41, 5.74) is -0.450. The van der Waals surface area contributed by atoms with Gasteiger partial charge in [-0.05, 0) is 36.4 Å². The first kappa shape index (κ1) is 13.8. The first-order chi connectivity index (χ1) is 10.7. The molecule has 1 N–H and O–H groups in total. The van der Waals surface area contributed by atoms with Crippen LogP contribution in [-0.2, 0) is 0 Å². The maximum atomic E-state index is 12.2. The molecule has 2 aromatic heterocycles. The van der Waals surface area contributed by atoms with E-state index in [0.717, 1.165) is 0 Å². The number of nitrogens with zero attached hydrogens (tertiary/aromatic N) is 1. The molecule has 0 aliphatic rings. The molecule has 5 heteroatoms. The summed E-state index contributed by atoms with van der Waals surface area (Å²) in [4.78, 5) is 28.1. The molecule has 1 aromatic carbocycles. The maximum absolute atomic E-state index is 12.2. The third-order valence-electron chi connectivity index (χ3n) is 3.13. The van der Waals surface area contributed by atoms with Gasteiger partial charge in [-0.2, -0.15) is 0 Å². The fourth-order valence-corrected chi connectivity index (χ4v) is 2.07. The Balaban J connectivity index is 2.05. The summed E-state index contributed by atoms with van der Waals surface area (Å²) in [6.07, 6.45) is 4.24. The van der Waals surface area contributed by atoms with Gasteiger partial charge in [0.1, 0.15) is 16.9 Å². The summed E-state index contributed by atoms with van der Waals surface area (Å²) in [6.45, 7) is 0. The number of carbonyl (C=O) groups is 1. The van der Waals surface area contributed by atoms with Gasteiger partial charge in [-0.3, -0.25) is 9.78 Å². The molecule has 0 fully saturated rings. The lowest BCUT2D eigenvalue weighted by Gasteiger charge is -2.03. The van der Waals surface area contributed by atoms with Crippen LogP contribution >= 0.6 is 0 Å². The van der Waals surface area contributed by atoms with Gasteiger partial charge < -0.3 is 9.52 Å². The zero-order chi connectivity index (χ0) is 15.5. The van der Waals surface area contributed by atoms with Crippen LogP contribution in [0.4, 0.5) is 0 Å². The van der Waals surface area contributed by atoms with E-state index in [1.807, 2.05) is 0 Å². The van der Waals surface area contributed by atoms with Crippen molar-refractivity contribution in [2.75, 3.05) is 0 Å². The summed E-state index contributed by atoms with van der Waals surface area (Å²) < 4.78 is 5.06. The van der Waals surface area contributed by atoms with Gasteiger partial charge in [-0.25, -0.2) is 4.79 Å². The Morgan fingerprint density at radius 1 is 1.14 bits per heavy atom. The number of pyridine rings is 1. The van der Waals surface area contributed by atoms with Crippen LogP contribution in [0.5, 0.6) is 5.75 Å². The molecule has 0 saturated carbocycles. The first-order valence-electron chi connectivity index (χ1n) is 6.55. The number of hydrogen-bond acceptors (Lipinski definition) is 5. The number of para-hydroxylation sites is 1. The van der Waals surface area contributed by atoms with Gasteiger partial charge in [-0.15, -0.1) is 0 Å². The predicted octanol–water partition coefficient (Wildman–Crippen LogP) is 2.79. The molecular weight excluding hydrogens is 282 g/mol. The molecule has 2 heterocycles. The molecule has 5 nitrogen and oxygen atoms in total. The highest BCUT2D eigenvalue weighted by Gasteiger charge is 2.18. The van der Waals surface area contributed by atoms with Crippen molar-refractivity contribution in [3.05, 3.63) is 76.4 Å². The largest absolute Gasteiger partial charge is 0.506 e. The minimum Gasteiger partial charge on any atom is -0.506 e. The van der Waals surface area contributed by atoms with Crippen LogP contribution in [-0.4, -0.2) is 15.9 Å². The van der Waals surface area contributed by atoms with E-state index in [4.69, 9.17) is 4.42 Å². The van der Waals surface area contributed by atoms with E-state index < -0.39 is 11.4 Å². The maximum Gasteiger partial charge on any atom is 0.351 e. The summed E-state index contributed by atoms with van der Waals surface area (Å²) in [7, 11) is 0. The molecule has 0 radical (unpaired) electrons. The average Bonchev–Trinajstić information content (AvgIpc) is 2.54. The standard InChI is InChI=1S/C17H11NO4/c19-13(9-8-11-5-3-4-10-18-11)15-16(20)12-6-1-2-7-14(12)22-17(15)21/h1-10,20H/b9-8+. The summed E-state index contributed by atoms with van der Waals surface area (Å²) in [6, 6.07) is 11.7. The average molecular weight is 293 g/mol. The second kappa shape index (κ2) is 5.65. The highest BCUT2D eigenvalue weighted by Crippen LogP contribution is 2.26. The molecule has 0 amide bonds. The highest BCUT2D eigenvalue weighted by molar-refractivity contribution is 6.10. The van der Waals surface area contributed by atoms with Crippen LogP contribution in [0.25, 0.3) is 17.0 Å². The van der Waals surface area contributed by atoms with E-state index in [1.165, 1.54) is 12.2 Å². The van der Waals surface area contributed by atoms with Gasteiger partial charge in [-0.1, -0.05) is 18.2 Å². The van der Waals surface area contributed by atoms with Gasteiger partial charge in [0, 0.05) is 6.20 Å². The van der Waals surface area contributed by atoms with Crippen molar-refractivity contribution in [3.63, 3.8) is 0 Å². The fraction of sp³-hybridized carbons (Fsp3) is 0. The lowest BCUT2D eigenvalue weighted by molar-refractivity contribution is 0.104. The molecule has 108 valence electrons. The quantitative estimate of drug-likeness (QED) is 0.456. The van der Waals surface area contributed by atoms with Crippen LogP contribution in [0.2, 0.25) is 0 Å². The van der Waals surface area contributed by atoms with Crippen LogP contribution in [0.3, 0.4) is 0 Å². The van der Waals surface area contributed by atoms with Gasteiger partial charge in [0.2, 0.25) is 0 Å². The van der Waals surface area contributed by atoms with E-state index in [-0.39, 0.29) is 16.9 Å². The molecule has 0 saturated heterocycles. The fourth-order valence-electron chi connectivity index (χ4n) is 2.07. The van der Waals surface area contributed by atoms with E-state index in [1.54, 1.807) is 48.7 Å². The Morgan fingerprint density at radius 2 is 1.91 bits per heavy atom. The van der Waals surface area contributed by atoms with Crippen molar-refractivity contribution in [2.24, 2.45) is 0 Å². The Labute approximate surface area is 125 Å². The van der Waals surface area contributed by atoms with Gasteiger partial charge in [0.25, 0.3) is 0 Å². The van der Waals surface area contributed by atoms with Crippen molar-refractivity contribution >= 4 is 22.8 Å². The highest BCUT2D eigenvalue weighted by atomic mass is 16.4. The third kappa shape index (κ3) is 2.52. The molecule has 0 atom stereocenters. The smallest absolute Gasteiger partial charge is 0.351 e. The number of aromatic nitrogens is 1. The number of aromatic hydroxyl groups is 1. The van der Waals surface area contributed by atoms with Crippen molar-refractivity contribution in [1.82, 2.24) is 4.98 Å². The van der Waals surface area contributed by atoms with Crippen LogP contribution < -0.4 is 5.63 Å². The number of fused-ring (bicyclic) bond motifs is 1. The Bertz CT molecular complexity index is 926. The first-order valence-corrected chi connectivity index (χ1v) is 6.55. The number of rotatable bonds is 3. The third-order valence-corrected chi connectivity index (χ3v) is 3.13. The van der Waals surface area contributed by atoms with Crippen LogP contribution in [0, 0.1) is 0 Å². The van der Waals surface area contributed by atoms with Crippen LogP contribution in [0.15, 0.2) is 63.9 Å². The van der Waals surface area contributed by atoms with E-state index in [0.29, 0.717) is 11.1 Å². The minimum atomic E-state index is -0.869. The Morgan fingerprint density at radius 3 is 2.68 bits per heavy atom. The summed E-state index contributed by atoms with van der Waals surface area (Å²) in [5.74, 6) is -1.01. The van der Waals surface area contributed by atoms with E-state index in [9.17, 15) is 14.7 Å². The van der Waals surface area contributed by atoms with Gasteiger partial charge in [0.15, 0.2) is 5.78 Å². The van der Waals surface area contributed by atoms with Crippen molar-refractivity contribution in [2.45, 2.75) is 0 Å². The molecule has 3 aromatic rings. The topological polar surface area (TPSA) is 80.4 Å². The summed E-state index contributed by atoms with van der Waals surface area (Å²) in [5, 5.41) is 10.5. The second-order valence-corrected chi connectivity index (χ2v) is 4.56. The molecule has 0 aliphatic carbocycles. The molecule has 0 bridgehead atoms. The number of benzene rings is 1. The normalized spacial score (nSPS) is 11.1. The lowest BCUT2D eigenvalue weighted by Crippen LogP contribution is -2.12. The number of carbonyl (C=O) groups excluding carboxylic acids is 1. The molecule has 0 unspecified atom stereocenters. The zero-order valence-corrected chi connectivity index (χ0v) is 11.4. The Hall–Kier alpha value is -3.21. The van der Waals surface area contributed by atoms with E-state index >= 15 is 0 Å². The molecule has 3 rings (SSSR count). The predicted molar refractivity (Wildman–Crippen MR) is 81.8 cm³/mol. The van der Waals surface area contributed by atoms with Crippen molar-refractivity contribution < 1.29 is 14.3 Å². The van der Waals surface area contributed by atoms with Crippen LogP contribution in [0.1, 0.15) is 16.1 Å². The second-order valence-electron chi connectivity index (χ2n) is 4.56. The monoisotopic (exact) mass is 293 g/mol. The summed E-state index contributed by atoms with van der Waals surface area (Å²) >= 11 is 0. The Kier molecular flexibility index (Phi) is 3.53. The van der Waals surface area contributed by atoms with E-state index in [2.05, 4.69) is 4.98 Å². The van der Waals surface area contributed by atoms with Gasteiger partial charge in [0.05, 0.1) is 11.1 Å². The van der Waals surface area contributed by atoms with Gasteiger partial charge >= 0.3 is 5.63 Å². The molecular formula is C17H11NO4. The van der Waals surface area contributed by atoms with Crippen molar-refractivity contribution in [3.8, 4) is 5.75 Å². The molecule has 0 aliphatic heterocycles. The molecule has 0 spiro atoms. The number of ketones is 1. The zero-order valence-electron chi connectivity index (χ0n) is 11.4. The molecule has 22 heavy (non-hydrogen) atoms.